The Hall–Kier alpha value is -1.44. The molecule has 2 nitrogen and oxygen atoms in total. The van der Waals surface area contributed by atoms with Crippen molar-refractivity contribution in [2.45, 2.75) is 32.7 Å². The highest BCUT2D eigenvalue weighted by molar-refractivity contribution is 5.21. The monoisotopic (exact) mass is 200 g/mol. The Labute approximate surface area is 90.7 Å². The average molecular weight is 200 g/mol. The molecule has 0 aromatic heterocycles. The second-order valence-corrected chi connectivity index (χ2v) is 3.97. The third-order valence-corrected chi connectivity index (χ3v) is 2.59. The third-order valence-electron chi connectivity index (χ3n) is 2.59. The Balaban J connectivity index is 1.89. The summed E-state index contributed by atoms with van der Waals surface area (Å²) < 4.78 is 0. The van der Waals surface area contributed by atoms with Crippen LogP contribution in [-0.4, -0.2) is 0 Å². The fourth-order valence-electron chi connectivity index (χ4n) is 1.65. The van der Waals surface area contributed by atoms with Crippen molar-refractivity contribution in [1.29, 1.82) is 0 Å². The van der Waals surface area contributed by atoms with Gasteiger partial charge in [-0.3, -0.25) is 0 Å². The molecule has 0 N–H and O–H groups in total. The van der Waals surface area contributed by atoms with E-state index in [-0.39, 0.29) is 0 Å². The van der Waals surface area contributed by atoms with Gasteiger partial charge in [-0.25, -0.2) is 0 Å². The summed E-state index contributed by atoms with van der Waals surface area (Å²) in [5, 5.41) is 8.44. The van der Waals surface area contributed by atoms with Gasteiger partial charge in [0.2, 0.25) is 0 Å². The van der Waals surface area contributed by atoms with Crippen LogP contribution in [-0.2, 0) is 6.54 Å². The zero-order chi connectivity index (χ0) is 10.5. The fraction of sp³-hybridized carbons (Fsp3) is 0.385. The Morgan fingerprint density at radius 1 is 1.20 bits per heavy atom. The number of hydrogen-bond donors (Lipinski definition) is 0. The molecule has 0 heterocycles. The average Bonchev–Trinajstić information content (AvgIpc) is 2.74. The first-order chi connectivity index (χ1) is 7.34. The maximum atomic E-state index is 4.23. The van der Waals surface area contributed by atoms with Crippen LogP contribution >= 0.6 is 0 Å². The maximum Gasteiger partial charge on any atom is 0.0853 e. The van der Waals surface area contributed by atoms with Crippen molar-refractivity contribution in [3.8, 4) is 0 Å². The molecule has 0 spiro atoms. The van der Waals surface area contributed by atoms with E-state index >= 15 is 0 Å². The minimum atomic E-state index is 0.692. The highest BCUT2D eigenvalue weighted by Gasteiger charge is 2.01. The zero-order valence-electron chi connectivity index (χ0n) is 9.11. The smallest absolute Gasteiger partial charge is 0.0853 e. The first-order valence-electron chi connectivity index (χ1n) is 5.47. The van der Waals surface area contributed by atoms with Crippen molar-refractivity contribution < 1.29 is 0 Å². The third kappa shape index (κ3) is 3.01. The van der Waals surface area contributed by atoms with Crippen LogP contribution in [0.25, 0.3) is 0 Å². The first kappa shape index (κ1) is 10.1. The summed E-state index contributed by atoms with van der Waals surface area (Å²) in [4.78, 5) is 0. The summed E-state index contributed by atoms with van der Waals surface area (Å²) in [7, 11) is 0. The molecule has 0 fully saturated rings. The Morgan fingerprint density at radius 2 is 2.00 bits per heavy atom. The molecule has 78 valence electrons. The van der Waals surface area contributed by atoms with Gasteiger partial charge in [0.25, 0.3) is 0 Å². The molecule has 1 aromatic rings. The van der Waals surface area contributed by atoms with Crippen LogP contribution in [0.2, 0.25) is 0 Å². The van der Waals surface area contributed by atoms with E-state index in [4.69, 9.17) is 0 Å². The molecule has 0 saturated carbocycles. The molecule has 2 heteroatoms. The van der Waals surface area contributed by atoms with E-state index in [9.17, 15) is 0 Å². The van der Waals surface area contributed by atoms with Crippen molar-refractivity contribution in [3.05, 3.63) is 47.2 Å². The van der Waals surface area contributed by atoms with Gasteiger partial charge in [-0.15, -0.1) is 0 Å². The molecule has 1 aliphatic rings. The van der Waals surface area contributed by atoms with E-state index < -0.39 is 0 Å². The van der Waals surface area contributed by atoms with Crippen LogP contribution in [0.4, 0.5) is 0 Å². The van der Waals surface area contributed by atoms with Crippen LogP contribution in [0.1, 0.15) is 30.4 Å². The minimum absolute atomic E-state index is 0.692. The largest absolute Gasteiger partial charge is 0.184 e. The van der Waals surface area contributed by atoms with Crippen LogP contribution in [0.5, 0.6) is 0 Å². The molecule has 0 unspecified atom stereocenters. The molecular formula is C13H16N2. The van der Waals surface area contributed by atoms with Crippen LogP contribution in [0.3, 0.4) is 0 Å². The lowest BCUT2D eigenvalue weighted by Gasteiger charge is -1.96. The van der Waals surface area contributed by atoms with Crippen LogP contribution < -0.4 is 0 Å². The van der Waals surface area contributed by atoms with Crippen molar-refractivity contribution in [2.75, 3.05) is 0 Å². The van der Waals surface area contributed by atoms with E-state index in [1.165, 1.54) is 24.0 Å². The van der Waals surface area contributed by atoms with Crippen molar-refractivity contribution in [1.82, 2.24) is 0 Å². The van der Waals surface area contributed by atoms with Crippen molar-refractivity contribution in [3.63, 3.8) is 0 Å². The highest BCUT2D eigenvalue weighted by atomic mass is 15.1. The normalized spacial score (nSPS) is 15.9. The van der Waals surface area contributed by atoms with E-state index in [2.05, 4.69) is 47.5 Å². The molecule has 0 amide bonds. The minimum Gasteiger partial charge on any atom is -0.184 e. The second kappa shape index (κ2) is 4.87. The fourth-order valence-corrected chi connectivity index (χ4v) is 1.65. The van der Waals surface area contributed by atoms with Gasteiger partial charge >= 0.3 is 0 Å². The van der Waals surface area contributed by atoms with Gasteiger partial charge in [0, 0.05) is 0 Å². The summed E-state index contributed by atoms with van der Waals surface area (Å²) in [6.07, 6.45) is 5.67. The summed E-state index contributed by atoms with van der Waals surface area (Å²) in [6.45, 7) is 2.78. The molecule has 1 aromatic carbocycles. The number of benzene rings is 1. The topological polar surface area (TPSA) is 24.7 Å². The Bertz CT molecular complexity index is 374. The number of allylic oxidation sites excluding steroid dienone is 2. The Kier molecular flexibility index (Phi) is 3.28. The summed E-state index contributed by atoms with van der Waals surface area (Å²) >= 11 is 0. The van der Waals surface area contributed by atoms with Gasteiger partial charge in [0.1, 0.15) is 0 Å². The number of aryl methyl sites for hydroxylation is 1. The number of rotatable bonds is 3. The van der Waals surface area contributed by atoms with E-state index in [0.717, 1.165) is 12.1 Å². The molecule has 0 aliphatic heterocycles. The van der Waals surface area contributed by atoms with E-state index in [0.29, 0.717) is 6.54 Å². The summed E-state index contributed by atoms with van der Waals surface area (Å²) in [5.41, 5.74) is 3.67. The molecule has 2 rings (SSSR count). The predicted octanol–water partition coefficient (Wildman–Crippen LogP) is 4.02. The molecular weight excluding hydrogens is 184 g/mol. The molecule has 15 heavy (non-hydrogen) atoms. The highest BCUT2D eigenvalue weighted by Crippen LogP contribution is 2.18. The molecule has 0 radical (unpaired) electrons. The molecule has 0 atom stereocenters. The lowest BCUT2D eigenvalue weighted by molar-refractivity contribution is 0.857. The van der Waals surface area contributed by atoms with Gasteiger partial charge in [-0.05, 0) is 31.7 Å². The summed E-state index contributed by atoms with van der Waals surface area (Å²) in [5.74, 6) is 0. The van der Waals surface area contributed by atoms with Gasteiger partial charge in [-0.1, -0.05) is 35.9 Å². The lowest BCUT2D eigenvalue weighted by Crippen LogP contribution is -1.80. The maximum absolute atomic E-state index is 4.23. The second-order valence-electron chi connectivity index (χ2n) is 3.97. The number of nitrogens with zero attached hydrogens (tertiary/aromatic N) is 2. The van der Waals surface area contributed by atoms with Gasteiger partial charge in [0.05, 0.1) is 12.2 Å². The van der Waals surface area contributed by atoms with Gasteiger partial charge in [0.15, 0.2) is 0 Å². The predicted molar refractivity (Wildman–Crippen MR) is 61.7 cm³/mol. The van der Waals surface area contributed by atoms with Crippen molar-refractivity contribution in [2.24, 2.45) is 10.2 Å². The van der Waals surface area contributed by atoms with Gasteiger partial charge in [-0.2, -0.15) is 10.2 Å². The van der Waals surface area contributed by atoms with Crippen LogP contribution in [0.15, 0.2) is 46.3 Å². The number of hydrogen-bond acceptors (Lipinski definition) is 2. The standard InChI is InChI=1S/C13H16N2/c1-11-6-8-12(9-7-11)10-14-15-13-4-2-3-5-13/h4,6-9H,2-3,5,10H2,1H3. The quantitative estimate of drug-likeness (QED) is 0.658. The van der Waals surface area contributed by atoms with Crippen LogP contribution in [0, 0.1) is 6.92 Å². The van der Waals surface area contributed by atoms with Gasteiger partial charge < -0.3 is 0 Å². The number of azo groups is 1. The summed E-state index contributed by atoms with van der Waals surface area (Å²) in [6, 6.07) is 8.44. The first-order valence-corrected chi connectivity index (χ1v) is 5.47. The zero-order valence-corrected chi connectivity index (χ0v) is 9.11. The van der Waals surface area contributed by atoms with E-state index in [1.807, 2.05) is 0 Å². The molecule has 0 saturated heterocycles. The lowest BCUT2D eigenvalue weighted by atomic mass is 10.2. The van der Waals surface area contributed by atoms with Crippen molar-refractivity contribution >= 4 is 0 Å². The van der Waals surface area contributed by atoms with E-state index in [1.54, 1.807) is 0 Å². The molecule has 1 aliphatic carbocycles. The SMILES string of the molecule is Cc1ccc(CN=NC2=CCCC2)cc1. The Morgan fingerprint density at radius 3 is 2.67 bits per heavy atom. The molecule has 0 bridgehead atoms.